The number of amides is 1. The van der Waals surface area contributed by atoms with Crippen LogP contribution in [0.5, 0.6) is 0 Å². The molecule has 1 N–H and O–H groups in total. The average Bonchev–Trinajstić information content (AvgIpc) is 2.57. The Morgan fingerprint density at radius 2 is 1.76 bits per heavy atom. The quantitative estimate of drug-likeness (QED) is 0.926. The smallest absolute Gasteiger partial charge is 0.258 e. The molecule has 0 radical (unpaired) electrons. The molecule has 3 rings (SSSR count). The molecule has 0 aliphatic carbocycles. The second-order valence-corrected chi connectivity index (χ2v) is 4.69. The minimum atomic E-state index is -0.213. The fourth-order valence-corrected chi connectivity index (χ4v) is 2.09. The third-order valence-electron chi connectivity index (χ3n) is 3.23. The Kier molecular flexibility index (Phi) is 4.07. The van der Waals surface area contributed by atoms with Crippen LogP contribution in [0.4, 0.5) is 11.6 Å². The monoisotopic (exact) mass is 284 g/mol. The summed E-state index contributed by atoms with van der Waals surface area (Å²) in [5.41, 5.74) is 1.19. The number of para-hydroxylation sites is 1. The highest BCUT2D eigenvalue weighted by Gasteiger charge is 2.14. The van der Waals surface area contributed by atoms with Crippen LogP contribution in [0.1, 0.15) is 10.4 Å². The number of ether oxygens (including phenoxy) is 1. The van der Waals surface area contributed by atoms with Gasteiger partial charge in [-0.3, -0.25) is 4.79 Å². The minimum absolute atomic E-state index is 0.213. The number of carbonyl (C=O) groups excluding carboxylic acids is 1. The first-order valence-corrected chi connectivity index (χ1v) is 6.84. The first kappa shape index (κ1) is 13.5. The van der Waals surface area contributed by atoms with Crippen molar-refractivity contribution in [3.05, 3.63) is 48.3 Å². The summed E-state index contributed by atoms with van der Waals surface area (Å²) < 4.78 is 5.29. The minimum Gasteiger partial charge on any atom is -0.378 e. The van der Waals surface area contributed by atoms with Gasteiger partial charge in [-0.2, -0.15) is 0 Å². The highest BCUT2D eigenvalue weighted by atomic mass is 16.5. The van der Waals surface area contributed by atoms with E-state index in [1.807, 2.05) is 35.2 Å². The van der Waals surface area contributed by atoms with Gasteiger partial charge in [0.1, 0.15) is 0 Å². The molecule has 1 fully saturated rings. The molecule has 0 spiro atoms. The molecule has 6 nitrogen and oxygen atoms in total. The van der Waals surface area contributed by atoms with Gasteiger partial charge in [-0.15, -0.1) is 0 Å². The SMILES string of the molecule is O=C(Nc1ccccc1)c1cnc(N2CCOCC2)nc1. The molecule has 0 bridgehead atoms. The normalized spacial score (nSPS) is 14.8. The van der Waals surface area contributed by atoms with Crippen LogP contribution < -0.4 is 10.2 Å². The summed E-state index contributed by atoms with van der Waals surface area (Å²) in [6.07, 6.45) is 3.10. The lowest BCUT2D eigenvalue weighted by molar-refractivity contribution is 0.102. The molecule has 108 valence electrons. The molecule has 0 unspecified atom stereocenters. The van der Waals surface area contributed by atoms with E-state index in [0.29, 0.717) is 24.7 Å². The number of carbonyl (C=O) groups is 1. The van der Waals surface area contributed by atoms with E-state index >= 15 is 0 Å². The molecule has 2 heterocycles. The second kappa shape index (κ2) is 6.32. The van der Waals surface area contributed by atoms with Crippen LogP contribution in [0.3, 0.4) is 0 Å². The highest BCUT2D eigenvalue weighted by molar-refractivity contribution is 6.03. The van der Waals surface area contributed by atoms with Crippen molar-refractivity contribution in [2.45, 2.75) is 0 Å². The highest BCUT2D eigenvalue weighted by Crippen LogP contribution is 2.11. The summed E-state index contributed by atoms with van der Waals surface area (Å²) in [5, 5.41) is 2.80. The van der Waals surface area contributed by atoms with Gasteiger partial charge in [-0.25, -0.2) is 9.97 Å². The molecule has 1 aromatic carbocycles. The maximum absolute atomic E-state index is 12.1. The number of anilines is 2. The van der Waals surface area contributed by atoms with E-state index in [9.17, 15) is 4.79 Å². The molecule has 1 aliphatic heterocycles. The van der Waals surface area contributed by atoms with Crippen LogP contribution in [-0.4, -0.2) is 42.2 Å². The number of nitrogens with zero attached hydrogens (tertiary/aromatic N) is 3. The van der Waals surface area contributed by atoms with Gasteiger partial charge in [0.15, 0.2) is 0 Å². The molecule has 2 aromatic rings. The van der Waals surface area contributed by atoms with E-state index < -0.39 is 0 Å². The van der Waals surface area contributed by atoms with Gasteiger partial charge in [0.2, 0.25) is 5.95 Å². The Morgan fingerprint density at radius 1 is 1.10 bits per heavy atom. The summed E-state index contributed by atoms with van der Waals surface area (Å²) in [5.74, 6) is 0.421. The standard InChI is InChI=1S/C15H16N4O2/c20-14(18-13-4-2-1-3-5-13)12-10-16-15(17-11-12)19-6-8-21-9-7-19/h1-5,10-11H,6-9H2,(H,18,20). The number of hydrogen-bond donors (Lipinski definition) is 1. The van der Waals surface area contributed by atoms with E-state index in [1.54, 1.807) is 12.4 Å². The Bertz CT molecular complexity index is 595. The van der Waals surface area contributed by atoms with Crippen molar-refractivity contribution in [2.24, 2.45) is 0 Å². The number of morpholine rings is 1. The average molecular weight is 284 g/mol. The zero-order valence-corrected chi connectivity index (χ0v) is 11.5. The third kappa shape index (κ3) is 3.35. The maximum Gasteiger partial charge on any atom is 0.258 e. The Labute approximate surface area is 122 Å². The largest absolute Gasteiger partial charge is 0.378 e. The van der Waals surface area contributed by atoms with Crippen LogP contribution in [0.2, 0.25) is 0 Å². The number of nitrogens with one attached hydrogen (secondary N) is 1. The number of rotatable bonds is 3. The molecule has 0 saturated carbocycles. The van der Waals surface area contributed by atoms with Crippen molar-refractivity contribution in [1.29, 1.82) is 0 Å². The summed E-state index contributed by atoms with van der Waals surface area (Å²) in [6.45, 7) is 2.91. The van der Waals surface area contributed by atoms with E-state index in [2.05, 4.69) is 15.3 Å². The van der Waals surface area contributed by atoms with Gasteiger partial charge in [-0.05, 0) is 12.1 Å². The lowest BCUT2D eigenvalue weighted by Crippen LogP contribution is -2.37. The van der Waals surface area contributed by atoms with Crippen LogP contribution >= 0.6 is 0 Å². The summed E-state index contributed by atoms with van der Waals surface area (Å²) >= 11 is 0. The molecule has 0 atom stereocenters. The van der Waals surface area contributed by atoms with E-state index in [1.165, 1.54) is 0 Å². The van der Waals surface area contributed by atoms with E-state index in [4.69, 9.17) is 4.74 Å². The van der Waals surface area contributed by atoms with Gasteiger partial charge in [-0.1, -0.05) is 18.2 Å². The molecule has 1 amide bonds. The van der Waals surface area contributed by atoms with Crippen molar-refractivity contribution in [3.63, 3.8) is 0 Å². The maximum atomic E-state index is 12.1. The van der Waals surface area contributed by atoms with Crippen LogP contribution in [0.15, 0.2) is 42.7 Å². The predicted molar refractivity (Wildman–Crippen MR) is 79.5 cm³/mol. The molecule has 6 heteroatoms. The third-order valence-corrected chi connectivity index (χ3v) is 3.23. The van der Waals surface area contributed by atoms with Crippen molar-refractivity contribution in [3.8, 4) is 0 Å². The van der Waals surface area contributed by atoms with Gasteiger partial charge in [0.05, 0.1) is 18.8 Å². The topological polar surface area (TPSA) is 67.4 Å². The van der Waals surface area contributed by atoms with Crippen molar-refractivity contribution < 1.29 is 9.53 Å². The van der Waals surface area contributed by atoms with Crippen LogP contribution in [0.25, 0.3) is 0 Å². The summed E-state index contributed by atoms with van der Waals surface area (Å²) in [4.78, 5) is 22.6. The summed E-state index contributed by atoms with van der Waals surface area (Å²) in [6, 6.07) is 9.30. The zero-order valence-electron chi connectivity index (χ0n) is 11.5. The predicted octanol–water partition coefficient (Wildman–Crippen LogP) is 1.57. The fourth-order valence-electron chi connectivity index (χ4n) is 2.09. The fraction of sp³-hybridized carbons (Fsp3) is 0.267. The Morgan fingerprint density at radius 3 is 2.43 bits per heavy atom. The van der Waals surface area contributed by atoms with Gasteiger partial charge < -0.3 is 15.0 Å². The van der Waals surface area contributed by atoms with Gasteiger partial charge in [0.25, 0.3) is 5.91 Å². The Hall–Kier alpha value is -2.47. The zero-order chi connectivity index (χ0) is 14.5. The first-order valence-electron chi connectivity index (χ1n) is 6.84. The molecule has 1 aromatic heterocycles. The molecule has 1 saturated heterocycles. The van der Waals surface area contributed by atoms with E-state index in [-0.39, 0.29) is 5.91 Å². The molecule has 1 aliphatic rings. The molecular weight excluding hydrogens is 268 g/mol. The van der Waals surface area contributed by atoms with Crippen LogP contribution in [0, 0.1) is 0 Å². The lowest BCUT2D eigenvalue weighted by Gasteiger charge is -2.26. The molecular formula is C15H16N4O2. The molecule has 21 heavy (non-hydrogen) atoms. The van der Waals surface area contributed by atoms with E-state index in [0.717, 1.165) is 18.8 Å². The van der Waals surface area contributed by atoms with Crippen molar-refractivity contribution >= 4 is 17.5 Å². The van der Waals surface area contributed by atoms with Crippen molar-refractivity contribution in [2.75, 3.05) is 36.5 Å². The van der Waals surface area contributed by atoms with Gasteiger partial charge in [0, 0.05) is 31.2 Å². The number of hydrogen-bond acceptors (Lipinski definition) is 5. The second-order valence-electron chi connectivity index (χ2n) is 4.69. The Balaban J connectivity index is 1.67. The van der Waals surface area contributed by atoms with Crippen LogP contribution in [-0.2, 0) is 4.74 Å². The summed E-state index contributed by atoms with van der Waals surface area (Å²) in [7, 11) is 0. The number of aromatic nitrogens is 2. The van der Waals surface area contributed by atoms with Crippen molar-refractivity contribution in [1.82, 2.24) is 9.97 Å². The first-order chi connectivity index (χ1) is 10.3. The lowest BCUT2D eigenvalue weighted by atomic mass is 10.3. The number of benzene rings is 1. The van der Waals surface area contributed by atoms with Gasteiger partial charge >= 0.3 is 0 Å².